The van der Waals surface area contributed by atoms with Gasteiger partial charge < -0.3 is 10.1 Å². The lowest BCUT2D eigenvalue weighted by Crippen LogP contribution is -2.48. The highest BCUT2D eigenvalue weighted by Crippen LogP contribution is 2.28. The van der Waals surface area contributed by atoms with Gasteiger partial charge >= 0.3 is 0 Å². The SMILES string of the molecule is Cc1ccc(S(=O)(=O)N(c2cccc(Cl)c2)C(C)C(=O)NCCOc2ccccc2)cc1. The van der Waals surface area contributed by atoms with Gasteiger partial charge in [0.05, 0.1) is 17.1 Å². The summed E-state index contributed by atoms with van der Waals surface area (Å²) in [6, 6.07) is 21.1. The number of para-hydroxylation sites is 1. The van der Waals surface area contributed by atoms with E-state index in [-0.39, 0.29) is 18.0 Å². The number of benzene rings is 3. The van der Waals surface area contributed by atoms with Crippen LogP contribution in [0, 0.1) is 6.92 Å². The average molecular weight is 473 g/mol. The minimum absolute atomic E-state index is 0.0927. The molecule has 1 unspecified atom stereocenters. The number of sulfonamides is 1. The van der Waals surface area contributed by atoms with Crippen LogP contribution in [0.3, 0.4) is 0 Å². The van der Waals surface area contributed by atoms with Gasteiger partial charge in [0.25, 0.3) is 10.0 Å². The predicted molar refractivity (Wildman–Crippen MR) is 127 cm³/mol. The molecular weight excluding hydrogens is 448 g/mol. The number of hydrogen-bond donors (Lipinski definition) is 1. The molecule has 0 saturated carbocycles. The minimum Gasteiger partial charge on any atom is -0.492 e. The Hall–Kier alpha value is -3.03. The van der Waals surface area contributed by atoms with E-state index >= 15 is 0 Å². The van der Waals surface area contributed by atoms with Crippen LogP contribution >= 0.6 is 11.6 Å². The van der Waals surface area contributed by atoms with Gasteiger partial charge in [0.15, 0.2) is 0 Å². The summed E-state index contributed by atoms with van der Waals surface area (Å²) in [6.07, 6.45) is 0. The van der Waals surface area contributed by atoms with Crippen molar-refractivity contribution in [1.82, 2.24) is 5.32 Å². The van der Waals surface area contributed by atoms with Crippen LogP contribution < -0.4 is 14.4 Å². The molecule has 32 heavy (non-hydrogen) atoms. The van der Waals surface area contributed by atoms with Crippen LogP contribution in [0.1, 0.15) is 12.5 Å². The first-order valence-electron chi connectivity index (χ1n) is 10.1. The molecular formula is C24H25ClN2O4S. The number of ether oxygens (including phenoxy) is 1. The smallest absolute Gasteiger partial charge is 0.265 e. The number of hydrogen-bond acceptors (Lipinski definition) is 4. The van der Waals surface area contributed by atoms with Crippen molar-refractivity contribution in [2.75, 3.05) is 17.5 Å². The first-order chi connectivity index (χ1) is 15.3. The molecule has 0 radical (unpaired) electrons. The number of anilines is 1. The van der Waals surface area contributed by atoms with E-state index in [0.29, 0.717) is 16.5 Å². The normalized spacial score (nSPS) is 12.1. The number of aryl methyl sites for hydroxylation is 1. The lowest BCUT2D eigenvalue weighted by atomic mass is 10.2. The van der Waals surface area contributed by atoms with E-state index in [0.717, 1.165) is 9.87 Å². The molecule has 3 aromatic carbocycles. The van der Waals surface area contributed by atoms with E-state index in [4.69, 9.17) is 16.3 Å². The van der Waals surface area contributed by atoms with Crippen molar-refractivity contribution in [1.29, 1.82) is 0 Å². The van der Waals surface area contributed by atoms with Gasteiger partial charge in [-0.25, -0.2) is 8.42 Å². The summed E-state index contributed by atoms with van der Waals surface area (Å²) >= 11 is 6.11. The van der Waals surface area contributed by atoms with Crippen LogP contribution in [0.5, 0.6) is 5.75 Å². The molecule has 1 amide bonds. The van der Waals surface area contributed by atoms with E-state index in [2.05, 4.69) is 5.32 Å². The second-order valence-electron chi connectivity index (χ2n) is 7.22. The topological polar surface area (TPSA) is 75.7 Å². The Morgan fingerprint density at radius 2 is 1.72 bits per heavy atom. The van der Waals surface area contributed by atoms with Crippen LogP contribution in [0.4, 0.5) is 5.69 Å². The lowest BCUT2D eigenvalue weighted by molar-refractivity contribution is -0.121. The zero-order chi connectivity index (χ0) is 23.1. The molecule has 0 spiro atoms. The molecule has 1 atom stereocenters. The number of carbonyl (C=O) groups is 1. The summed E-state index contributed by atoms with van der Waals surface area (Å²) < 4.78 is 33.7. The maximum Gasteiger partial charge on any atom is 0.265 e. The first kappa shape index (κ1) is 23.6. The zero-order valence-electron chi connectivity index (χ0n) is 17.9. The molecule has 0 fully saturated rings. The summed E-state index contributed by atoms with van der Waals surface area (Å²) in [5.74, 6) is 0.245. The molecule has 0 aromatic heterocycles. The fourth-order valence-electron chi connectivity index (χ4n) is 3.12. The molecule has 0 aliphatic rings. The number of amides is 1. The molecule has 0 saturated heterocycles. The third-order valence-corrected chi connectivity index (χ3v) is 6.93. The third kappa shape index (κ3) is 5.81. The van der Waals surface area contributed by atoms with E-state index in [1.807, 2.05) is 37.3 Å². The van der Waals surface area contributed by atoms with Crippen molar-refractivity contribution in [3.05, 3.63) is 89.4 Å². The monoisotopic (exact) mass is 472 g/mol. The largest absolute Gasteiger partial charge is 0.492 e. The van der Waals surface area contributed by atoms with E-state index in [1.54, 1.807) is 37.3 Å². The van der Waals surface area contributed by atoms with Crippen LogP contribution in [-0.4, -0.2) is 33.5 Å². The van der Waals surface area contributed by atoms with Crippen molar-refractivity contribution in [3.8, 4) is 5.75 Å². The zero-order valence-corrected chi connectivity index (χ0v) is 19.4. The highest BCUT2D eigenvalue weighted by molar-refractivity contribution is 7.93. The second kappa shape index (κ2) is 10.5. The van der Waals surface area contributed by atoms with Crippen LogP contribution in [0.15, 0.2) is 83.8 Å². The number of nitrogens with zero attached hydrogens (tertiary/aromatic N) is 1. The highest BCUT2D eigenvalue weighted by atomic mass is 35.5. The lowest BCUT2D eigenvalue weighted by Gasteiger charge is -2.30. The van der Waals surface area contributed by atoms with Gasteiger partial charge in [0.1, 0.15) is 18.4 Å². The van der Waals surface area contributed by atoms with Crippen LogP contribution in [-0.2, 0) is 14.8 Å². The van der Waals surface area contributed by atoms with E-state index in [1.165, 1.54) is 18.2 Å². The standard InChI is InChI=1S/C24H25ClN2O4S/c1-18-11-13-23(14-12-18)32(29,30)27(21-8-6-7-20(25)17-21)19(2)24(28)26-15-16-31-22-9-4-3-5-10-22/h3-14,17,19H,15-16H2,1-2H3,(H,26,28). The maximum absolute atomic E-state index is 13.5. The van der Waals surface area contributed by atoms with Crippen LogP contribution in [0.25, 0.3) is 0 Å². The van der Waals surface area contributed by atoms with Gasteiger partial charge in [-0.2, -0.15) is 0 Å². The Labute approximate surface area is 193 Å². The van der Waals surface area contributed by atoms with Gasteiger partial charge in [-0.15, -0.1) is 0 Å². The Morgan fingerprint density at radius 1 is 1.03 bits per heavy atom. The third-order valence-electron chi connectivity index (χ3n) is 4.78. The molecule has 8 heteroatoms. The maximum atomic E-state index is 13.5. The summed E-state index contributed by atoms with van der Waals surface area (Å²) in [7, 11) is -4.02. The highest BCUT2D eigenvalue weighted by Gasteiger charge is 2.33. The van der Waals surface area contributed by atoms with Crippen molar-refractivity contribution in [2.24, 2.45) is 0 Å². The molecule has 3 aromatic rings. The Morgan fingerprint density at radius 3 is 2.38 bits per heavy atom. The van der Waals surface area contributed by atoms with Crippen molar-refractivity contribution >= 4 is 33.2 Å². The first-order valence-corrected chi connectivity index (χ1v) is 11.9. The van der Waals surface area contributed by atoms with E-state index in [9.17, 15) is 13.2 Å². The van der Waals surface area contributed by atoms with Crippen molar-refractivity contribution in [3.63, 3.8) is 0 Å². The molecule has 0 aliphatic heterocycles. The Bertz CT molecular complexity index is 1150. The van der Waals surface area contributed by atoms with Gasteiger partial charge in [0, 0.05) is 5.02 Å². The number of carbonyl (C=O) groups excluding carboxylic acids is 1. The molecule has 3 rings (SSSR count). The summed E-state index contributed by atoms with van der Waals surface area (Å²) in [6.45, 7) is 3.90. The molecule has 6 nitrogen and oxygen atoms in total. The number of halogens is 1. The molecule has 168 valence electrons. The molecule has 0 aliphatic carbocycles. The van der Waals surface area contributed by atoms with Gasteiger partial charge in [0.2, 0.25) is 5.91 Å². The number of nitrogens with one attached hydrogen (secondary N) is 1. The van der Waals surface area contributed by atoms with Gasteiger partial charge in [-0.1, -0.05) is 53.6 Å². The van der Waals surface area contributed by atoms with E-state index < -0.39 is 22.0 Å². The molecule has 1 N–H and O–H groups in total. The quantitative estimate of drug-likeness (QED) is 0.467. The van der Waals surface area contributed by atoms with Crippen LogP contribution in [0.2, 0.25) is 5.02 Å². The molecule has 0 bridgehead atoms. The Kier molecular flexibility index (Phi) is 7.77. The van der Waals surface area contributed by atoms with Crippen molar-refractivity contribution < 1.29 is 17.9 Å². The second-order valence-corrected chi connectivity index (χ2v) is 9.47. The van der Waals surface area contributed by atoms with Gasteiger partial charge in [-0.3, -0.25) is 9.10 Å². The average Bonchev–Trinajstić information content (AvgIpc) is 2.77. The van der Waals surface area contributed by atoms with Gasteiger partial charge in [-0.05, 0) is 56.3 Å². The Balaban J connectivity index is 1.79. The minimum atomic E-state index is -4.02. The number of rotatable bonds is 9. The predicted octanol–water partition coefficient (Wildman–Crippen LogP) is 4.43. The molecule has 0 heterocycles. The summed E-state index contributed by atoms with van der Waals surface area (Å²) in [5.41, 5.74) is 1.24. The fourth-order valence-corrected chi connectivity index (χ4v) is 4.92. The summed E-state index contributed by atoms with van der Waals surface area (Å²) in [4.78, 5) is 13.0. The summed E-state index contributed by atoms with van der Waals surface area (Å²) in [5, 5.41) is 3.12. The fraction of sp³-hybridized carbons (Fsp3) is 0.208. The van der Waals surface area contributed by atoms with Crippen molar-refractivity contribution in [2.45, 2.75) is 24.8 Å².